The van der Waals surface area contributed by atoms with E-state index in [1.54, 1.807) is 29.2 Å². The smallest absolute Gasteiger partial charge is 0.255 e. The van der Waals surface area contributed by atoms with Gasteiger partial charge in [0.2, 0.25) is 29.5 Å². The third-order valence-corrected chi connectivity index (χ3v) is 8.71. The van der Waals surface area contributed by atoms with Crippen molar-refractivity contribution in [2.24, 2.45) is 5.92 Å². The highest BCUT2D eigenvalue weighted by Gasteiger charge is 2.34. The molecular weight excluding hydrogens is 628 g/mol. The van der Waals surface area contributed by atoms with Gasteiger partial charge < -0.3 is 35.4 Å². The molecule has 49 heavy (non-hydrogen) atoms. The topological polar surface area (TPSA) is 157 Å². The lowest BCUT2D eigenvalue weighted by Gasteiger charge is -2.32. The van der Waals surface area contributed by atoms with Crippen LogP contribution in [0, 0.1) is 5.92 Å². The summed E-state index contributed by atoms with van der Waals surface area (Å²) in [6.45, 7) is 4.68. The van der Waals surface area contributed by atoms with E-state index >= 15 is 0 Å². The number of carbonyl (C=O) groups excluding carboxylic acids is 6. The van der Waals surface area contributed by atoms with Gasteiger partial charge in [-0.25, -0.2) is 0 Å². The van der Waals surface area contributed by atoms with Crippen LogP contribution in [0.15, 0.2) is 54.6 Å². The van der Waals surface area contributed by atoms with Gasteiger partial charge in [-0.3, -0.25) is 28.8 Å². The van der Waals surface area contributed by atoms with Crippen molar-refractivity contribution in [1.82, 2.24) is 30.7 Å². The van der Waals surface area contributed by atoms with Crippen LogP contribution in [0.25, 0.3) is 0 Å². The van der Waals surface area contributed by atoms with Gasteiger partial charge in [-0.1, -0.05) is 56.3 Å². The molecule has 6 amide bonds. The van der Waals surface area contributed by atoms with E-state index < -0.39 is 54.1 Å². The Kier molecular flexibility index (Phi) is 13.1. The monoisotopic (exact) mass is 676 g/mol. The quantitative estimate of drug-likeness (QED) is 0.381. The lowest BCUT2D eigenvalue weighted by Crippen LogP contribution is -2.54. The molecule has 0 spiro atoms. The number of likely N-dealkylation sites (N-methyl/N-ethyl adjacent to an activating group) is 2. The summed E-state index contributed by atoms with van der Waals surface area (Å²) in [4.78, 5) is 84.4. The van der Waals surface area contributed by atoms with E-state index in [-0.39, 0.29) is 42.8 Å². The predicted octanol–water partition coefficient (Wildman–Crippen LogP) is 1.37. The van der Waals surface area contributed by atoms with E-state index in [9.17, 15) is 28.8 Å². The van der Waals surface area contributed by atoms with Gasteiger partial charge in [-0.2, -0.15) is 0 Å². The minimum absolute atomic E-state index is 0.0128. The zero-order chi connectivity index (χ0) is 35.5. The second kappa shape index (κ2) is 17.5. The lowest BCUT2D eigenvalue weighted by atomic mass is 10.0. The molecule has 2 aliphatic heterocycles. The summed E-state index contributed by atoms with van der Waals surface area (Å²) < 4.78 is 6.12. The minimum atomic E-state index is -1.29. The number of fused-ring (bicyclic) bond motifs is 1. The van der Waals surface area contributed by atoms with Crippen LogP contribution in [-0.4, -0.2) is 115 Å². The summed E-state index contributed by atoms with van der Waals surface area (Å²) in [5.41, 5.74) is 1.10. The molecular formula is C36H48N6O7. The molecule has 0 aliphatic carbocycles. The number of nitrogens with zero attached hydrogens (tertiary/aromatic N) is 3. The maximum Gasteiger partial charge on any atom is 0.255 e. The van der Waals surface area contributed by atoms with Crippen molar-refractivity contribution in [2.45, 2.75) is 64.1 Å². The number of carbonyl (C=O) groups is 6. The van der Waals surface area contributed by atoms with Gasteiger partial charge in [0.1, 0.15) is 24.4 Å². The molecule has 2 heterocycles. The van der Waals surface area contributed by atoms with E-state index in [4.69, 9.17) is 4.74 Å². The first kappa shape index (κ1) is 36.9. The number of nitrogens with one attached hydrogen (secondary N) is 3. The Morgan fingerprint density at radius 2 is 1.67 bits per heavy atom. The summed E-state index contributed by atoms with van der Waals surface area (Å²) in [7, 11) is 3.01. The van der Waals surface area contributed by atoms with Crippen molar-refractivity contribution in [2.75, 3.05) is 46.9 Å². The van der Waals surface area contributed by atoms with Crippen molar-refractivity contribution in [3.05, 3.63) is 65.7 Å². The van der Waals surface area contributed by atoms with Crippen LogP contribution < -0.4 is 20.7 Å². The highest BCUT2D eigenvalue weighted by atomic mass is 16.5. The van der Waals surface area contributed by atoms with Crippen molar-refractivity contribution in [3.8, 4) is 5.75 Å². The highest BCUT2D eigenvalue weighted by molar-refractivity contribution is 6.01. The average Bonchev–Trinajstić information content (AvgIpc) is 3.49. The van der Waals surface area contributed by atoms with Crippen molar-refractivity contribution in [1.29, 1.82) is 0 Å². The van der Waals surface area contributed by atoms with Crippen LogP contribution in [-0.2, 0) is 30.4 Å². The molecule has 0 unspecified atom stereocenters. The van der Waals surface area contributed by atoms with Crippen molar-refractivity contribution < 1.29 is 33.5 Å². The van der Waals surface area contributed by atoms with Crippen molar-refractivity contribution >= 4 is 35.4 Å². The van der Waals surface area contributed by atoms with Gasteiger partial charge in [0, 0.05) is 40.2 Å². The van der Waals surface area contributed by atoms with Crippen LogP contribution in [0.3, 0.4) is 0 Å². The molecule has 0 bridgehead atoms. The third kappa shape index (κ3) is 10.5. The molecule has 3 atom stereocenters. The van der Waals surface area contributed by atoms with Gasteiger partial charge in [0.15, 0.2) is 0 Å². The number of likely N-dealkylation sites (tertiary alicyclic amines) is 1. The number of ether oxygens (including phenoxy) is 1. The first-order valence-electron chi connectivity index (χ1n) is 16.8. The summed E-state index contributed by atoms with van der Waals surface area (Å²) in [6, 6.07) is 13.4. The summed E-state index contributed by atoms with van der Waals surface area (Å²) in [5.74, 6) is -2.32. The van der Waals surface area contributed by atoms with Crippen LogP contribution in [0.2, 0.25) is 0 Å². The number of benzene rings is 2. The van der Waals surface area contributed by atoms with Crippen LogP contribution >= 0.6 is 0 Å². The molecule has 2 aliphatic rings. The first-order valence-corrected chi connectivity index (χ1v) is 16.8. The Morgan fingerprint density at radius 1 is 0.959 bits per heavy atom. The molecule has 3 N–H and O–H groups in total. The van der Waals surface area contributed by atoms with Gasteiger partial charge in [-0.05, 0) is 42.9 Å². The van der Waals surface area contributed by atoms with E-state index in [0.717, 1.165) is 12.0 Å². The molecule has 13 heteroatoms. The second-order valence-electron chi connectivity index (χ2n) is 13.1. The SMILES string of the molecule is CC(C)C[C@H]1C(=O)N(C)CC(=O)N[C@H](Cc2ccccc2)COc2ccccc2C(=O)N[C@H](C(=O)NCCN2CCCC2=O)CC(=O)N1C. The fourth-order valence-electron chi connectivity index (χ4n) is 6.03. The van der Waals surface area contributed by atoms with Crippen molar-refractivity contribution in [3.63, 3.8) is 0 Å². The maximum atomic E-state index is 13.8. The molecule has 0 aromatic heterocycles. The number of para-hydroxylation sites is 1. The molecule has 0 radical (unpaired) electrons. The Balaban J connectivity index is 1.64. The largest absolute Gasteiger partial charge is 0.491 e. The Hall–Kier alpha value is -4.94. The van der Waals surface area contributed by atoms with E-state index in [1.807, 2.05) is 44.2 Å². The highest BCUT2D eigenvalue weighted by Crippen LogP contribution is 2.20. The normalized spacial score (nSPS) is 21.5. The van der Waals surface area contributed by atoms with Gasteiger partial charge in [0.05, 0.1) is 24.6 Å². The molecule has 2 aromatic rings. The lowest BCUT2D eigenvalue weighted by molar-refractivity contribution is -0.146. The Morgan fingerprint density at radius 3 is 2.37 bits per heavy atom. The van der Waals surface area contributed by atoms with E-state index in [1.165, 1.54) is 23.9 Å². The molecule has 13 nitrogen and oxygen atoms in total. The fraction of sp³-hybridized carbons (Fsp3) is 0.500. The third-order valence-electron chi connectivity index (χ3n) is 8.71. The van der Waals surface area contributed by atoms with Crippen LogP contribution in [0.4, 0.5) is 0 Å². The number of hydrogen-bond acceptors (Lipinski definition) is 7. The van der Waals surface area contributed by atoms with Crippen LogP contribution in [0.5, 0.6) is 5.75 Å². The number of rotatable bonds is 8. The van der Waals surface area contributed by atoms with E-state index in [0.29, 0.717) is 32.4 Å². The zero-order valence-corrected chi connectivity index (χ0v) is 28.8. The van der Waals surface area contributed by atoms with Gasteiger partial charge in [0.25, 0.3) is 5.91 Å². The Bertz CT molecular complexity index is 1500. The molecule has 1 saturated heterocycles. The summed E-state index contributed by atoms with van der Waals surface area (Å²) in [5, 5.41) is 8.45. The summed E-state index contributed by atoms with van der Waals surface area (Å²) in [6.07, 6.45) is 1.55. The molecule has 4 rings (SSSR count). The molecule has 1 fully saturated rings. The van der Waals surface area contributed by atoms with Crippen LogP contribution in [0.1, 0.15) is 55.5 Å². The van der Waals surface area contributed by atoms with E-state index in [2.05, 4.69) is 16.0 Å². The molecule has 2 aromatic carbocycles. The number of hydrogen-bond donors (Lipinski definition) is 3. The summed E-state index contributed by atoms with van der Waals surface area (Å²) >= 11 is 0. The predicted molar refractivity (Wildman–Crippen MR) is 182 cm³/mol. The first-order chi connectivity index (χ1) is 23.4. The fourth-order valence-corrected chi connectivity index (χ4v) is 6.03. The second-order valence-corrected chi connectivity index (χ2v) is 13.1. The van der Waals surface area contributed by atoms with Gasteiger partial charge >= 0.3 is 0 Å². The standard InChI is InChI=1S/C36H48N6O7/c1-24(2)19-29-36(48)40(3)22-31(43)38-26(20-25-11-6-5-7-12-25)23-49-30-14-9-8-13-27(30)34(46)39-28(21-33(45)41(29)4)35(47)37-16-18-42-17-10-15-32(42)44/h5-9,11-14,24,26,28-29H,10,15-23H2,1-4H3,(H,37,47)(H,38,43)(H,39,46)/t26-,28+,29+/m1/s1. The molecule has 0 saturated carbocycles. The minimum Gasteiger partial charge on any atom is -0.491 e. The Labute approximate surface area is 287 Å². The molecule has 264 valence electrons. The number of amides is 6. The zero-order valence-electron chi connectivity index (χ0n) is 28.8. The average molecular weight is 677 g/mol. The maximum absolute atomic E-state index is 13.8. The van der Waals surface area contributed by atoms with Gasteiger partial charge in [-0.15, -0.1) is 0 Å².